The van der Waals surface area contributed by atoms with E-state index in [4.69, 9.17) is 16.7 Å². The van der Waals surface area contributed by atoms with E-state index in [1.807, 2.05) is 0 Å². The molecule has 1 aromatic carbocycles. The quantitative estimate of drug-likeness (QED) is 0.782. The summed E-state index contributed by atoms with van der Waals surface area (Å²) < 4.78 is 0. The van der Waals surface area contributed by atoms with E-state index in [0.29, 0.717) is 10.5 Å². The summed E-state index contributed by atoms with van der Waals surface area (Å²) in [6, 6.07) is 8.28. The van der Waals surface area contributed by atoms with Crippen LogP contribution in [0.1, 0.15) is 10.5 Å². The Kier molecular flexibility index (Phi) is 2.09. The fourth-order valence-electron chi connectivity index (χ4n) is 1.22. The minimum Gasteiger partial charge on any atom is -0.477 e. The smallest absolute Gasteiger partial charge is 0.354 e. The van der Waals surface area contributed by atoms with Crippen LogP contribution in [0.5, 0.6) is 0 Å². The molecule has 3 nitrogen and oxygen atoms in total. The number of benzene rings is 1. The average Bonchev–Trinajstić information content (AvgIpc) is 2.16. The van der Waals surface area contributed by atoms with Crippen LogP contribution < -0.4 is 0 Å². The van der Waals surface area contributed by atoms with E-state index in [1.54, 1.807) is 24.3 Å². The topological polar surface area (TPSA) is 50.2 Å². The van der Waals surface area contributed by atoms with Crippen LogP contribution in [-0.4, -0.2) is 16.1 Å². The maximum absolute atomic E-state index is 10.6. The number of carboxylic acids is 1. The Labute approximate surface area is 85.0 Å². The zero-order valence-electron chi connectivity index (χ0n) is 7.07. The maximum Gasteiger partial charge on any atom is 0.354 e. The first-order valence-electron chi connectivity index (χ1n) is 3.96. The van der Waals surface area contributed by atoms with E-state index in [9.17, 15) is 4.79 Å². The van der Waals surface area contributed by atoms with Gasteiger partial charge in [-0.15, -0.1) is 0 Å². The molecular formula is C10H6ClNO2. The van der Waals surface area contributed by atoms with Gasteiger partial charge in [0, 0.05) is 10.4 Å². The van der Waals surface area contributed by atoms with Gasteiger partial charge in [-0.25, -0.2) is 9.78 Å². The number of carbonyl (C=O) groups is 1. The fourth-order valence-corrected chi connectivity index (χ4v) is 1.40. The summed E-state index contributed by atoms with van der Waals surface area (Å²) in [6.07, 6.45) is 0. The third-order valence-corrected chi connectivity index (χ3v) is 2.11. The van der Waals surface area contributed by atoms with E-state index in [2.05, 4.69) is 4.98 Å². The van der Waals surface area contributed by atoms with Gasteiger partial charge >= 0.3 is 5.97 Å². The van der Waals surface area contributed by atoms with Gasteiger partial charge in [0.25, 0.3) is 0 Å². The van der Waals surface area contributed by atoms with Crippen molar-refractivity contribution in [2.75, 3.05) is 0 Å². The number of fused-ring (bicyclic) bond motifs is 1. The van der Waals surface area contributed by atoms with Crippen molar-refractivity contribution in [3.8, 4) is 0 Å². The van der Waals surface area contributed by atoms with Crippen LogP contribution in [0.25, 0.3) is 10.9 Å². The van der Waals surface area contributed by atoms with Crippen molar-refractivity contribution in [3.63, 3.8) is 0 Å². The largest absolute Gasteiger partial charge is 0.477 e. The molecule has 0 saturated carbocycles. The molecule has 4 heteroatoms. The highest BCUT2D eigenvalue weighted by Gasteiger charge is 2.04. The zero-order chi connectivity index (χ0) is 10.1. The summed E-state index contributed by atoms with van der Waals surface area (Å²) >= 11 is 5.78. The van der Waals surface area contributed by atoms with E-state index in [0.717, 1.165) is 5.39 Å². The van der Waals surface area contributed by atoms with Crippen molar-refractivity contribution in [3.05, 3.63) is 41.0 Å². The van der Waals surface area contributed by atoms with Crippen molar-refractivity contribution < 1.29 is 9.90 Å². The number of aromatic carboxylic acids is 1. The summed E-state index contributed by atoms with van der Waals surface area (Å²) in [5.41, 5.74) is 0.675. The van der Waals surface area contributed by atoms with Crippen LogP contribution >= 0.6 is 11.6 Å². The first kappa shape index (κ1) is 8.97. The van der Waals surface area contributed by atoms with Crippen molar-refractivity contribution in [1.29, 1.82) is 0 Å². The molecule has 0 radical (unpaired) electrons. The van der Waals surface area contributed by atoms with Gasteiger partial charge < -0.3 is 5.11 Å². The van der Waals surface area contributed by atoms with Crippen LogP contribution in [0.15, 0.2) is 30.3 Å². The standard InChI is InChI=1S/C10H6ClNO2/c11-7-2-4-8-6(5-7)1-3-9(12-8)10(13)14/h1-5H,(H,13,14). The number of rotatable bonds is 1. The molecule has 0 saturated heterocycles. The minimum atomic E-state index is -1.03. The van der Waals surface area contributed by atoms with Crippen molar-refractivity contribution in [2.24, 2.45) is 0 Å². The number of halogens is 1. The number of nitrogens with zero attached hydrogens (tertiary/aromatic N) is 1. The number of aromatic nitrogens is 1. The predicted molar refractivity (Wildman–Crippen MR) is 53.7 cm³/mol. The second kappa shape index (κ2) is 3.27. The summed E-state index contributed by atoms with van der Waals surface area (Å²) in [4.78, 5) is 14.6. The van der Waals surface area contributed by atoms with E-state index in [-0.39, 0.29) is 5.69 Å². The lowest BCUT2D eigenvalue weighted by molar-refractivity contribution is 0.0691. The molecule has 0 amide bonds. The van der Waals surface area contributed by atoms with Gasteiger partial charge in [-0.1, -0.05) is 17.7 Å². The number of hydrogen-bond acceptors (Lipinski definition) is 2. The van der Waals surface area contributed by atoms with Crippen LogP contribution in [0.3, 0.4) is 0 Å². The monoisotopic (exact) mass is 207 g/mol. The summed E-state index contributed by atoms with van der Waals surface area (Å²) in [5.74, 6) is -1.03. The molecule has 1 aromatic heterocycles. The van der Waals surface area contributed by atoms with Crippen molar-refractivity contribution >= 4 is 28.5 Å². The van der Waals surface area contributed by atoms with Crippen molar-refractivity contribution in [1.82, 2.24) is 4.98 Å². The molecule has 0 spiro atoms. The molecule has 0 aliphatic rings. The summed E-state index contributed by atoms with van der Waals surface area (Å²) in [6.45, 7) is 0. The first-order valence-corrected chi connectivity index (χ1v) is 4.34. The Hall–Kier alpha value is -1.61. The predicted octanol–water partition coefficient (Wildman–Crippen LogP) is 2.59. The summed E-state index contributed by atoms with van der Waals surface area (Å²) in [5, 5.41) is 10.2. The number of pyridine rings is 1. The normalized spacial score (nSPS) is 10.4. The lowest BCUT2D eigenvalue weighted by Crippen LogP contribution is -1.99. The van der Waals surface area contributed by atoms with Crippen LogP contribution in [0.4, 0.5) is 0 Å². The SMILES string of the molecule is O=C(O)c1ccc2cc(Cl)ccc2n1. The highest BCUT2D eigenvalue weighted by Crippen LogP contribution is 2.17. The van der Waals surface area contributed by atoms with Gasteiger partial charge in [-0.3, -0.25) is 0 Å². The fraction of sp³-hybridized carbons (Fsp3) is 0. The Balaban J connectivity index is 2.67. The number of carboxylic acid groups (broad SMARTS) is 1. The van der Waals surface area contributed by atoms with Gasteiger partial charge in [-0.05, 0) is 24.3 Å². The molecule has 0 unspecified atom stereocenters. The molecule has 2 rings (SSSR count). The molecule has 0 aliphatic heterocycles. The van der Waals surface area contributed by atoms with E-state index in [1.165, 1.54) is 6.07 Å². The van der Waals surface area contributed by atoms with Crippen LogP contribution in [0.2, 0.25) is 5.02 Å². The average molecular weight is 208 g/mol. The molecule has 0 bridgehead atoms. The molecule has 70 valence electrons. The lowest BCUT2D eigenvalue weighted by Gasteiger charge is -1.98. The molecule has 1 heterocycles. The highest BCUT2D eigenvalue weighted by atomic mass is 35.5. The van der Waals surface area contributed by atoms with Gasteiger partial charge in [0.15, 0.2) is 0 Å². The Morgan fingerprint density at radius 2 is 2.07 bits per heavy atom. The Bertz CT molecular complexity index is 510. The third-order valence-electron chi connectivity index (χ3n) is 1.87. The van der Waals surface area contributed by atoms with Gasteiger partial charge in [-0.2, -0.15) is 0 Å². The van der Waals surface area contributed by atoms with E-state index >= 15 is 0 Å². The van der Waals surface area contributed by atoms with Crippen LogP contribution in [-0.2, 0) is 0 Å². The molecule has 14 heavy (non-hydrogen) atoms. The maximum atomic E-state index is 10.6. The minimum absolute atomic E-state index is 0.0415. The van der Waals surface area contributed by atoms with Crippen molar-refractivity contribution in [2.45, 2.75) is 0 Å². The molecule has 0 aliphatic carbocycles. The summed E-state index contributed by atoms with van der Waals surface area (Å²) in [7, 11) is 0. The molecule has 0 atom stereocenters. The first-order chi connectivity index (χ1) is 6.66. The molecular weight excluding hydrogens is 202 g/mol. The lowest BCUT2D eigenvalue weighted by atomic mass is 10.2. The molecule has 0 fully saturated rings. The second-order valence-corrected chi connectivity index (χ2v) is 3.28. The van der Waals surface area contributed by atoms with Gasteiger partial charge in [0.2, 0.25) is 0 Å². The highest BCUT2D eigenvalue weighted by molar-refractivity contribution is 6.31. The van der Waals surface area contributed by atoms with Gasteiger partial charge in [0.05, 0.1) is 5.52 Å². The molecule has 2 aromatic rings. The van der Waals surface area contributed by atoms with E-state index < -0.39 is 5.97 Å². The molecule has 1 N–H and O–H groups in total. The second-order valence-electron chi connectivity index (χ2n) is 2.84. The zero-order valence-corrected chi connectivity index (χ0v) is 7.82. The Morgan fingerprint density at radius 3 is 2.79 bits per heavy atom. The number of hydrogen-bond donors (Lipinski definition) is 1. The van der Waals surface area contributed by atoms with Gasteiger partial charge in [0.1, 0.15) is 5.69 Å². The third kappa shape index (κ3) is 1.54. The van der Waals surface area contributed by atoms with Crippen LogP contribution in [0, 0.1) is 0 Å². The Morgan fingerprint density at radius 1 is 1.29 bits per heavy atom.